The lowest BCUT2D eigenvalue weighted by atomic mass is 10.4. The van der Waals surface area contributed by atoms with Crippen molar-refractivity contribution >= 4 is 35.3 Å². The number of halogens is 1. The average Bonchev–Trinajstić information content (AvgIpc) is 2.95. The molecule has 0 aromatic carbocycles. The van der Waals surface area contributed by atoms with Gasteiger partial charge in [0.2, 0.25) is 5.76 Å². The van der Waals surface area contributed by atoms with Crippen molar-refractivity contribution in [3.63, 3.8) is 0 Å². The topological polar surface area (TPSA) is 91.5 Å². The van der Waals surface area contributed by atoms with E-state index in [1.807, 2.05) is 0 Å². The van der Waals surface area contributed by atoms with Gasteiger partial charge in [-0.1, -0.05) is 23.4 Å². The first-order valence-corrected chi connectivity index (χ1v) is 6.70. The van der Waals surface area contributed by atoms with Gasteiger partial charge >= 0.3 is 11.9 Å². The molecule has 0 amide bonds. The Morgan fingerprint density at radius 2 is 2.00 bits per heavy atom. The minimum atomic E-state index is -0.639. The average molecular weight is 329 g/mol. The summed E-state index contributed by atoms with van der Waals surface area (Å²) in [4.78, 5) is 31.2. The van der Waals surface area contributed by atoms with Crippen LogP contribution >= 0.6 is 23.4 Å². The first kappa shape index (κ1) is 15.3. The fourth-order valence-electron chi connectivity index (χ4n) is 1.35. The van der Waals surface area contributed by atoms with E-state index in [1.54, 1.807) is 6.07 Å². The third kappa shape index (κ3) is 3.34. The predicted molar refractivity (Wildman–Crippen MR) is 72.6 cm³/mol. The SMILES string of the molecule is COC(=O)c1cnc(Sc2ccoc2C(=O)OC)c(Cl)n1. The summed E-state index contributed by atoms with van der Waals surface area (Å²) < 4.78 is 14.2. The van der Waals surface area contributed by atoms with Crippen LogP contribution < -0.4 is 0 Å². The van der Waals surface area contributed by atoms with Crippen molar-refractivity contribution in [2.24, 2.45) is 0 Å². The first-order chi connectivity index (χ1) is 10.1. The van der Waals surface area contributed by atoms with Crippen LogP contribution in [0.3, 0.4) is 0 Å². The number of aromatic nitrogens is 2. The molecule has 0 spiro atoms. The predicted octanol–water partition coefficient (Wildman–Crippen LogP) is 2.45. The first-order valence-electron chi connectivity index (χ1n) is 5.51. The largest absolute Gasteiger partial charge is 0.464 e. The zero-order chi connectivity index (χ0) is 15.4. The zero-order valence-electron chi connectivity index (χ0n) is 11.0. The third-order valence-corrected chi connectivity index (χ3v) is 3.71. The van der Waals surface area contributed by atoms with Crippen molar-refractivity contribution in [2.75, 3.05) is 14.2 Å². The number of carbonyl (C=O) groups is 2. The van der Waals surface area contributed by atoms with Gasteiger partial charge in [-0.3, -0.25) is 0 Å². The van der Waals surface area contributed by atoms with Crippen molar-refractivity contribution in [3.05, 3.63) is 35.1 Å². The summed E-state index contributed by atoms with van der Waals surface area (Å²) in [5.41, 5.74) is -0.00719. The molecule has 0 radical (unpaired) electrons. The fourth-order valence-corrected chi connectivity index (χ4v) is 2.40. The van der Waals surface area contributed by atoms with Gasteiger partial charge in [-0.25, -0.2) is 19.6 Å². The Morgan fingerprint density at radius 1 is 1.29 bits per heavy atom. The minimum Gasteiger partial charge on any atom is -0.464 e. The normalized spacial score (nSPS) is 10.2. The van der Waals surface area contributed by atoms with Gasteiger partial charge < -0.3 is 13.9 Å². The van der Waals surface area contributed by atoms with Crippen molar-refractivity contribution in [1.29, 1.82) is 0 Å². The number of nitrogens with zero attached hydrogens (tertiary/aromatic N) is 2. The van der Waals surface area contributed by atoms with Crippen molar-refractivity contribution in [3.8, 4) is 0 Å². The molecule has 21 heavy (non-hydrogen) atoms. The van der Waals surface area contributed by atoms with Crippen LogP contribution in [0.15, 0.2) is 32.9 Å². The summed E-state index contributed by atoms with van der Waals surface area (Å²) in [7, 11) is 2.48. The molecule has 0 unspecified atom stereocenters. The van der Waals surface area contributed by atoms with Crippen LogP contribution in [0.5, 0.6) is 0 Å². The Kier molecular flexibility index (Phi) is 4.81. The van der Waals surface area contributed by atoms with Crippen LogP contribution in [0.2, 0.25) is 5.15 Å². The minimum absolute atomic E-state index is 0.00719. The summed E-state index contributed by atoms with van der Waals surface area (Å²) in [5.74, 6) is -1.21. The Hall–Kier alpha value is -2.06. The van der Waals surface area contributed by atoms with Gasteiger partial charge in [-0.2, -0.15) is 0 Å². The maximum atomic E-state index is 11.5. The third-order valence-electron chi connectivity index (χ3n) is 2.30. The Morgan fingerprint density at radius 3 is 2.62 bits per heavy atom. The summed E-state index contributed by atoms with van der Waals surface area (Å²) >= 11 is 7.03. The molecule has 0 aliphatic carbocycles. The van der Waals surface area contributed by atoms with Crippen LogP contribution in [-0.2, 0) is 9.47 Å². The summed E-state index contributed by atoms with van der Waals surface area (Å²) in [6.45, 7) is 0. The van der Waals surface area contributed by atoms with Crippen LogP contribution in [0.4, 0.5) is 0 Å². The van der Waals surface area contributed by atoms with Gasteiger partial charge in [0.15, 0.2) is 10.8 Å². The Labute approximate surface area is 128 Å². The van der Waals surface area contributed by atoms with E-state index in [0.717, 1.165) is 11.8 Å². The number of esters is 2. The van der Waals surface area contributed by atoms with Crippen molar-refractivity contribution in [2.45, 2.75) is 9.92 Å². The lowest BCUT2D eigenvalue weighted by Crippen LogP contribution is -2.06. The van der Waals surface area contributed by atoms with E-state index in [4.69, 9.17) is 16.0 Å². The quantitative estimate of drug-likeness (QED) is 0.790. The molecular weight excluding hydrogens is 320 g/mol. The van der Waals surface area contributed by atoms with E-state index in [0.29, 0.717) is 9.92 Å². The Balaban J connectivity index is 2.27. The monoisotopic (exact) mass is 328 g/mol. The van der Waals surface area contributed by atoms with Crippen LogP contribution in [0.25, 0.3) is 0 Å². The highest BCUT2D eigenvalue weighted by molar-refractivity contribution is 7.99. The molecule has 0 atom stereocenters. The van der Waals surface area contributed by atoms with Gasteiger partial charge in [0, 0.05) is 0 Å². The molecule has 0 aliphatic rings. The van der Waals surface area contributed by atoms with E-state index < -0.39 is 11.9 Å². The van der Waals surface area contributed by atoms with Crippen molar-refractivity contribution in [1.82, 2.24) is 9.97 Å². The molecule has 0 aliphatic heterocycles. The van der Waals surface area contributed by atoms with Crippen LogP contribution in [0.1, 0.15) is 21.0 Å². The van der Waals surface area contributed by atoms with Gasteiger partial charge in [-0.15, -0.1) is 0 Å². The molecule has 0 fully saturated rings. The summed E-state index contributed by atoms with van der Waals surface area (Å²) in [5, 5.41) is 0.329. The number of methoxy groups -OCH3 is 2. The number of hydrogen-bond acceptors (Lipinski definition) is 8. The summed E-state index contributed by atoms with van der Waals surface area (Å²) in [6, 6.07) is 1.57. The lowest BCUT2D eigenvalue weighted by Gasteiger charge is -2.04. The van der Waals surface area contributed by atoms with Gasteiger partial charge in [-0.05, 0) is 6.07 Å². The molecule has 2 aromatic rings. The molecule has 2 rings (SSSR count). The maximum Gasteiger partial charge on any atom is 0.375 e. The second kappa shape index (κ2) is 6.59. The second-order valence-electron chi connectivity index (χ2n) is 3.55. The molecule has 0 bridgehead atoms. The molecule has 7 nitrogen and oxygen atoms in total. The van der Waals surface area contributed by atoms with E-state index >= 15 is 0 Å². The number of furan rings is 1. The van der Waals surface area contributed by atoms with E-state index in [1.165, 1.54) is 26.7 Å². The molecular formula is C12H9ClN2O5S. The maximum absolute atomic E-state index is 11.5. The highest BCUT2D eigenvalue weighted by Gasteiger charge is 2.19. The molecule has 9 heteroatoms. The Bertz CT molecular complexity index is 688. The highest BCUT2D eigenvalue weighted by Crippen LogP contribution is 2.33. The molecule has 2 heterocycles. The van der Waals surface area contributed by atoms with Crippen LogP contribution in [-0.4, -0.2) is 36.1 Å². The second-order valence-corrected chi connectivity index (χ2v) is 4.94. The number of rotatable bonds is 4. The van der Waals surface area contributed by atoms with Crippen molar-refractivity contribution < 1.29 is 23.5 Å². The molecule has 2 aromatic heterocycles. The number of carbonyl (C=O) groups excluding carboxylic acids is 2. The highest BCUT2D eigenvalue weighted by atomic mass is 35.5. The molecule has 0 saturated carbocycles. The fraction of sp³-hybridized carbons (Fsp3) is 0.167. The molecule has 0 saturated heterocycles. The van der Waals surface area contributed by atoms with E-state index in [2.05, 4.69) is 19.4 Å². The smallest absolute Gasteiger partial charge is 0.375 e. The van der Waals surface area contributed by atoms with Gasteiger partial charge in [0.05, 0.1) is 31.6 Å². The zero-order valence-corrected chi connectivity index (χ0v) is 12.5. The van der Waals surface area contributed by atoms with E-state index in [-0.39, 0.29) is 16.6 Å². The van der Waals surface area contributed by atoms with Gasteiger partial charge in [0.1, 0.15) is 5.03 Å². The number of ether oxygens (including phenoxy) is 2. The number of hydrogen-bond donors (Lipinski definition) is 0. The molecule has 0 N–H and O–H groups in total. The lowest BCUT2D eigenvalue weighted by molar-refractivity contribution is 0.0558. The molecule has 110 valence electrons. The van der Waals surface area contributed by atoms with Crippen LogP contribution in [0, 0.1) is 0 Å². The summed E-state index contributed by atoms with van der Waals surface area (Å²) in [6.07, 6.45) is 2.58. The van der Waals surface area contributed by atoms with Gasteiger partial charge in [0.25, 0.3) is 0 Å². The standard InChI is InChI=1S/C12H9ClN2O5S/c1-18-11(16)6-5-14-10(9(13)15-6)21-7-3-4-20-8(7)12(17)19-2/h3-5H,1-2H3. The van der Waals surface area contributed by atoms with E-state index in [9.17, 15) is 9.59 Å².